The number of sulfonamides is 1. The fraction of sp³-hybridized carbons (Fsp3) is 0.200. The lowest BCUT2D eigenvalue weighted by molar-refractivity contribution is 0.242. The third-order valence-electron chi connectivity index (χ3n) is 2.60. The van der Waals surface area contributed by atoms with Crippen LogP contribution in [0.2, 0.25) is 5.02 Å². The predicted octanol–water partition coefficient (Wildman–Crippen LogP) is 3.93. The molecular weight excluding hydrogens is 310 g/mol. The van der Waals surface area contributed by atoms with Gasteiger partial charge >= 0.3 is 0 Å². The van der Waals surface area contributed by atoms with Crippen molar-refractivity contribution in [3.05, 3.63) is 53.6 Å². The van der Waals surface area contributed by atoms with Gasteiger partial charge < -0.3 is 4.74 Å². The van der Waals surface area contributed by atoms with E-state index in [2.05, 4.69) is 4.72 Å². The molecule has 0 aliphatic carbocycles. The van der Waals surface area contributed by atoms with Crippen molar-refractivity contribution >= 4 is 27.3 Å². The summed E-state index contributed by atoms with van der Waals surface area (Å²) in [7, 11) is -3.62. The average molecular weight is 326 g/mol. The molecule has 21 heavy (non-hydrogen) atoms. The van der Waals surface area contributed by atoms with Gasteiger partial charge in [-0.05, 0) is 62.4 Å². The van der Waals surface area contributed by atoms with Crippen LogP contribution >= 0.6 is 11.6 Å². The summed E-state index contributed by atoms with van der Waals surface area (Å²) in [5.74, 6) is 0.694. The van der Waals surface area contributed by atoms with Crippen LogP contribution in [0.5, 0.6) is 5.75 Å². The van der Waals surface area contributed by atoms with Gasteiger partial charge in [0.25, 0.3) is 10.0 Å². The van der Waals surface area contributed by atoms with E-state index in [1.807, 2.05) is 13.8 Å². The maximum absolute atomic E-state index is 12.2. The van der Waals surface area contributed by atoms with Gasteiger partial charge in [0.15, 0.2) is 0 Å². The lowest BCUT2D eigenvalue weighted by atomic mass is 10.3. The lowest BCUT2D eigenvalue weighted by Crippen LogP contribution is -2.12. The van der Waals surface area contributed by atoms with Crippen LogP contribution in [0.4, 0.5) is 5.69 Å². The second kappa shape index (κ2) is 6.37. The SMILES string of the molecule is CC(C)Oc1ccc(NS(=O)(=O)c2ccc(Cl)cc2)cc1. The number of benzene rings is 2. The molecule has 2 aromatic rings. The highest BCUT2D eigenvalue weighted by molar-refractivity contribution is 7.92. The van der Waals surface area contributed by atoms with Gasteiger partial charge in [0.05, 0.1) is 11.0 Å². The van der Waals surface area contributed by atoms with Crippen molar-refractivity contribution in [2.24, 2.45) is 0 Å². The Bertz CT molecular complexity index is 695. The first-order chi connectivity index (χ1) is 9.87. The summed E-state index contributed by atoms with van der Waals surface area (Å²) in [6, 6.07) is 12.8. The molecule has 0 aliphatic heterocycles. The van der Waals surface area contributed by atoms with Gasteiger partial charge in [-0.25, -0.2) is 8.42 Å². The van der Waals surface area contributed by atoms with Crippen molar-refractivity contribution in [2.45, 2.75) is 24.8 Å². The Hall–Kier alpha value is -1.72. The standard InChI is InChI=1S/C15H16ClNO3S/c1-11(2)20-14-7-5-13(6-8-14)17-21(18,19)15-9-3-12(16)4-10-15/h3-11,17H,1-2H3. The monoisotopic (exact) mass is 325 g/mol. The topological polar surface area (TPSA) is 55.4 Å². The molecule has 0 spiro atoms. The minimum Gasteiger partial charge on any atom is -0.491 e. The van der Waals surface area contributed by atoms with E-state index in [0.717, 1.165) is 0 Å². The molecule has 0 heterocycles. The van der Waals surface area contributed by atoms with E-state index in [0.29, 0.717) is 16.5 Å². The lowest BCUT2D eigenvalue weighted by Gasteiger charge is -2.11. The summed E-state index contributed by atoms with van der Waals surface area (Å²) < 4.78 is 32.4. The van der Waals surface area contributed by atoms with Crippen LogP contribution in [0.25, 0.3) is 0 Å². The van der Waals surface area contributed by atoms with Crippen molar-refractivity contribution < 1.29 is 13.2 Å². The molecule has 1 N–H and O–H groups in total. The number of hydrogen-bond acceptors (Lipinski definition) is 3. The van der Waals surface area contributed by atoms with E-state index in [-0.39, 0.29) is 11.0 Å². The van der Waals surface area contributed by atoms with E-state index in [4.69, 9.17) is 16.3 Å². The number of halogens is 1. The first-order valence-electron chi connectivity index (χ1n) is 6.42. The number of rotatable bonds is 5. The second-order valence-corrected chi connectivity index (χ2v) is 6.87. The molecule has 0 aromatic heterocycles. The summed E-state index contributed by atoms with van der Waals surface area (Å²) >= 11 is 5.75. The predicted molar refractivity (Wildman–Crippen MR) is 84.5 cm³/mol. The van der Waals surface area contributed by atoms with Crippen molar-refractivity contribution in [2.75, 3.05) is 4.72 Å². The number of nitrogens with one attached hydrogen (secondary N) is 1. The first kappa shape index (κ1) is 15.7. The normalized spacial score (nSPS) is 11.4. The first-order valence-corrected chi connectivity index (χ1v) is 8.28. The van der Waals surface area contributed by atoms with Gasteiger partial charge in [-0.1, -0.05) is 11.6 Å². The summed E-state index contributed by atoms with van der Waals surface area (Å²) in [4.78, 5) is 0.161. The smallest absolute Gasteiger partial charge is 0.261 e. The second-order valence-electron chi connectivity index (χ2n) is 4.75. The quantitative estimate of drug-likeness (QED) is 0.906. The molecule has 0 bridgehead atoms. The number of ether oxygens (including phenoxy) is 1. The van der Waals surface area contributed by atoms with Crippen molar-refractivity contribution in [3.8, 4) is 5.75 Å². The molecule has 0 unspecified atom stereocenters. The molecule has 2 rings (SSSR count). The van der Waals surface area contributed by atoms with E-state index in [1.165, 1.54) is 24.3 Å². The third-order valence-corrected chi connectivity index (χ3v) is 4.25. The van der Waals surface area contributed by atoms with Gasteiger partial charge in [-0.2, -0.15) is 0 Å². The summed E-state index contributed by atoms with van der Waals surface area (Å²) in [6.07, 6.45) is 0.0709. The minimum atomic E-state index is -3.62. The van der Waals surface area contributed by atoms with Crippen LogP contribution in [0.1, 0.15) is 13.8 Å². The summed E-state index contributed by atoms with van der Waals surface area (Å²) in [6.45, 7) is 3.86. The van der Waals surface area contributed by atoms with Crippen LogP contribution in [-0.4, -0.2) is 14.5 Å². The molecule has 0 saturated heterocycles. The molecule has 0 saturated carbocycles. The molecule has 6 heteroatoms. The highest BCUT2D eigenvalue weighted by Crippen LogP contribution is 2.21. The number of anilines is 1. The van der Waals surface area contributed by atoms with Gasteiger partial charge in [0.2, 0.25) is 0 Å². The Labute approximate surface area is 129 Å². The zero-order valence-electron chi connectivity index (χ0n) is 11.7. The van der Waals surface area contributed by atoms with Gasteiger partial charge in [-0.15, -0.1) is 0 Å². The molecule has 0 radical (unpaired) electrons. The average Bonchev–Trinajstić information content (AvgIpc) is 2.40. The van der Waals surface area contributed by atoms with Gasteiger partial charge in [0.1, 0.15) is 5.75 Å². The zero-order valence-corrected chi connectivity index (χ0v) is 13.3. The largest absolute Gasteiger partial charge is 0.491 e. The molecule has 0 aliphatic rings. The Balaban J connectivity index is 2.15. The van der Waals surface area contributed by atoms with Crippen LogP contribution in [0, 0.1) is 0 Å². The fourth-order valence-electron chi connectivity index (χ4n) is 1.70. The molecular formula is C15H16ClNO3S. The molecule has 4 nitrogen and oxygen atoms in total. The van der Waals surface area contributed by atoms with Gasteiger partial charge in [0, 0.05) is 10.7 Å². The minimum absolute atomic E-state index is 0.0709. The van der Waals surface area contributed by atoms with Crippen molar-refractivity contribution in [3.63, 3.8) is 0 Å². The molecule has 112 valence electrons. The highest BCUT2D eigenvalue weighted by atomic mass is 35.5. The molecule has 2 aromatic carbocycles. The fourth-order valence-corrected chi connectivity index (χ4v) is 2.89. The summed E-state index contributed by atoms with van der Waals surface area (Å²) in [5.41, 5.74) is 0.473. The van der Waals surface area contributed by atoms with E-state index >= 15 is 0 Å². The Morgan fingerprint density at radius 3 is 2.10 bits per heavy atom. The van der Waals surface area contributed by atoms with Crippen LogP contribution in [0.15, 0.2) is 53.4 Å². The van der Waals surface area contributed by atoms with Gasteiger partial charge in [-0.3, -0.25) is 4.72 Å². The molecule has 0 amide bonds. The Morgan fingerprint density at radius 1 is 1.00 bits per heavy atom. The van der Waals surface area contributed by atoms with E-state index < -0.39 is 10.0 Å². The Morgan fingerprint density at radius 2 is 1.57 bits per heavy atom. The maximum Gasteiger partial charge on any atom is 0.261 e. The maximum atomic E-state index is 12.2. The van der Waals surface area contributed by atoms with Crippen molar-refractivity contribution in [1.82, 2.24) is 0 Å². The highest BCUT2D eigenvalue weighted by Gasteiger charge is 2.13. The van der Waals surface area contributed by atoms with Crippen molar-refractivity contribution in [1.29, 1.82) is 0 Å². The zero-order chi connectivity index (χ0) is 15.5. The Kier molecular flexibility index (Phi) is 4.75. The van der Waals surface area contributed by atoms with Crippen LogP contribution in [-0.2, 0) is 10.0 Å². The summed E-state index contributed by atoms with van der Waals surface area (Å²) in [5, 5.41) is 0.490. The van der Waals surface area contributed by atoms with Crippen LogP contribution < -0.4 is 9.46 Å². The van der Waals surface area contributed by atoms with E-state index in [9.17, 15) is 8.42 Å². The van der Waals surface area contributed by atoms with E-state index in [1.54, 1.807) is 24.3 Å². The molecule has 0 atom stereocenters. The van der Waals surface area contributed by atoms with Crippen LogP contribution in [0.3, 0.4) is 0 Å². The molecule has 0 fully saturated rings. The third kappa shape index (κ3) is 4.37. The number of hydrogen-bond donors (Lipinski definition) is 1.